The van der Waals surface area contributed by atoms with Crippen molar-refractivity contribution in [3.63, 3.8) is 0 Å². The van der Waals surface area contributed by atoms with Crippen molar-refractivity contribution >= 4 is 11.8 Å². The molecule has 0 saturated carbocycles. The van der Waals surface area contributed by atoms with Gasteiger partial charge in [0.25, 0.3) is 0 Å². The van der Waals surface area contributed by atoms with Crippen LogP contribution in [0.4, 0.5) is 0 Å². The number of thioether (sulfide) groups is 1. The van der Waals surface area contributed by atoms with E-state index in [0.29, 0.717) is 10.8 Å². The van der Waals surface area contributed by atoms with Crippen LogP contribution in [0.15, 0.2) is 23.9 Å². The molecule has 2 heteroatoms. The van der Waals surface area contributed by atoms with Crippen molar-refractivity contribution < 1.29 is 0 Å². The number of hydrogen-bond acceptors (Lipinski definition) is 2. The zero-order valence-electron chi connectivity index (χ0n) is 9.45. The first-order valence-electron chi connectivity index (χ1n) is 5.24. The van der Waals surface area contributed by atoms with Crippen LogP contribution < -0.4 is 0 Å². The van der Waals surface area contributed by atoms with Crippen molar-refractivity contribution in [3.8, 4) is 0 Å². The lowest BCUT2D eigenvalue weighted by molar-refractivity contribution is 0.327. The van der Waals surface area contributed by atoms with Crippen molar-refractivity contribution in [1.29, 1.82) is 0 Å². The van der Waals surface area contributed by atoms with E-state index in [9.17, 15) is 0 Å². The van der Waals surface area contributed by atoms with Crippen molar-refractivity contribution in [3.05, 3.63) is 23.9 Å². The Labute approximate surface area is 91.2 Å². The standard InChI is InChI=1S/C12H19NS/c1-9-5-6-13-8-10(12(2,3)4)14-11(13)7-9/h5-7,10-11H,8H2,1-4H3. The average molecular weight is 209 g/mol. The summed E-state index contributed by atoms with van der Waals surface area (Å²) in [6.07, 6.45) is 6.83. The summed E-state index contributed by atoms with van der Waals surface area (Å²) < 4.78 is 0. The van der Waals surface area contributed by atoms with Gasteiger partial charge < -0.3 is 4.90 Å². The molecular weight excluding hydrogens is 190 g/mol. The van der Waals surface area contributed by atoms with E-state index in [2.05, 4.69) is 62.7 Å². The summed E-state index contributed by atoms with van der Waals surface area (Å²) in [4.78, 5) is 2.45. The van der Waals surface area contributed by atoms with Crippen molar-refractivity contribution in [2.45, 2.75) is 38.3 Å². The van der Waals surface area contributed by atoms with Gasteiger partial charge in [0.05, 0.1) is 5.37 Å². The van der Waals surface area contributed by atoms with E-state index in [1.165, 1.54) is 12.1 Å². The third-order valence-corrected chi connectivity index (χ3v) is 4.78. The summed E-state index contributed by atoms with van der Waals surface area (Å²) in [5, 5.41) is 1.34. The first-order chi connectivity index (χ1) is 6.47. The molecule has 0 aromatic rings. The van der Waals surface area contributed by atoms with E-state index in [-0.39, 0.29) is 0 Å². The molecule has 0 aromatic heterocycles. The lowest BCUT2D eigenvalue weighted by atomic mass is 9.91. The smallest absolute Gasteiger partial charge is 0.0939 e. The fourth-order valence-corrected chi connectivity index (χ4v) is 3.45. The molecule has 2 atom stereocenters. The Morgan fingerprint density at radius 3 is 2.79 bits per heavy atom. The summed E-state index contributed by atoms with van der Waals surface area (Å²) in [6, 6.07) is 0. The Bertz CT molecular complexity index is 285. The normalized spacial score (nSPS) is 31.7. The largest absolute Gasteiger partial charge is 0.361 e. The van der Waals surface area contributed by atoms with Crippen LogP contribution in [-0.2, 0) is 0 Å². The molecule has 0 aromatic carbocycles. The zero-order valence-corrected chi connectivity index (χ0v) is 10.3. The fraction of sp³-hybridized carbons (Fsp3) is 0.667. The molecule has 0 radical (unpaired) electrons. The van der Waals surface area contributed by atoms with Gasteiger partial charge in [-0.2, -0.15) is 0 Å². The summed E-state index contributed by atoms with van der Waals surface area (Å²) in [5.74, 6) is 0. The van der Waals surface area contributed by atoms with Crippen LogP contribution in [0.2, 0.25) is 0 Å². The predicted molar refractivity (Wildman–Crippen MR) is 64.2 cm³/mol. The summed E-state index contributed by atoms with van der Waals surface area (Å²) in [6.45, 7) is 10.4. The molecule has 0 bridgehead atoms. The molecule has 2 rings (SSSR count). The van der Waals surface area contributed by atoms with E-state index in [4.69, 9.17) is 0 Å². The maximum atomic E-state index is 2.45. The minimum atomic E-state index is 0.414. The highest BCUT2D eigenvalue weighted by atomic mass is 32.2. The molecule has 0 N–H and O–H groups in total. The molecule has 2 aliphatic rings. The van der Waals surface area contributed by atoms with E-state index in [1.54, 1.807) is 0 Å². The van der Waals surface area contributed by atoms with Gasteiger partial charge in [-0.3, -0.25) is 0 Å². The fourth-order valence-electron chi connectivity index (χ4n) is 1.84. The quantitative estimate of drug-likeness (QED) is 0.602. The van der Waals surface area contributed by atoms with Gasteiger partial charge in [0.15, 0.2) is 0 Å². The van der Waals surface area contributed by atoms with Crippen LogP contribution in [0.1, 0.15) is 27.7 Å². The molecule has 2 heterocycles. The Morgan fingerprint density at radius 1 is 1.43 bits per heavy atom. The molecule has 2 unspecified atom stereocenters. The van der Waals surface area contributed by atoms with E-state index < -0.39 is 0 Å². The lowest BCUT2D eigenvalue weighted by Gasteiger charge is -2.25. The topological polar surface area (TPSA) is 3.24 Å². The van der Waals surface area contributed by atoms with Crippen LogP contribution in [-0.4, -0.2) is 22.1 Å². The Morgan fingerprint density at radius 2 is 2.14 bits per heavy atom. The molecule has 1 nitrogen and oxygen atoms in total. The van der Waals surface area contributed by atoms with E-state index in [1.807, 2.05) is 0 Å². The van der Waals surface area contributed by atoms with Gasteiger partial charge in [0, 0.05) is 18.0 Å². The van der Waals surface area contributed by atoms with Gasteiger partial charge in [0.1, 0.15) is 0 Å². The molecule has 1 fully saturated rings. The van der Waals surface area contributed by atoms with Crippen molar-refractivity contribution in [2.75, 3.05) is 6.54 Å². The number of fused-ring (bicyclic) bond motifs is 1. The Hall–Kier alpha value is -0.370. The lowest BCUT2D eigenvalue weighted by Crippen LogP contribution is -2.28. The minimum absolute atomic E-state index is 0.414. The zero-order chi connectivity index (χ0) is 10.3. The van der Waals surface area contributed by atoms with E-state index >= 15 is 0 Å². The summed E-state index contributed by atoms with van der Waals surface area (Å²) in [7, 11) is 0. The van der Waals surface area contributed by atoms with Gasteiger partial charge in [-0.1, -0.05) is 26.3 Å². The van der Waals surface area contributed by atoms with Crippen LogP contribution in [0.5, 0.6) is 0 Å². The molecule has 0 aliphatic carbocycles. The van der Waals surface area contributed by atoms with E-state index in [0.717, 1.165) is 5.25 Å². The third kappa shape index (κ3) is 1.85. The summed E-state index contributed by atoms with van der Waals surface area (Å²) >= 11 is 2.10. The third-order valence-electron chi connectivity index (χ3n) is 2.91. The van der Waals surface area contributed by atoms with Gasteiger partial charge in [-0.05, 0) is 24.5 Å². The molecule has 78 valence electrons. The van der Waals surface area contributed by atoms with Gasteiger partial charge in [-0.25, -0.2) is 0 Å². The van der Waals surface area contributed by atoms with Gasteiger partial charge >= 0.3 is 0 Å². The second-order valence-corrected chi connectivity index (χ2v) is 6.63. The number of allylic oxidation sites excluding steroid dienone is 2. The molecule has 0 spiro atoms. The van der Waals surface area contributed by atoms with Gasteiger partial charge in [0.2, 0.25) is 0 Å². The first-order valence-corrected chi connectivity index (χ1v) is 6.19. The van der Waals surface area contributed by atoms with Crippen molar-refractivity contribution in [2.24, 2.45) is 5.41 Å². The molecule has 1 saturated heterocycles. The van der Waals surface area contributed by atoms with Crippen LogP contribution >= 0.6 is 11.8 Å². The molecule has 14 heavy (non-hydrogen) atoms. The summed E-state index contributed by atoms with van der Waals surface area (Å²) in [5.41, 5.74) is 1.81. The molecule has 2 aliphatic heterocycles. The number of rotatable bonds is 0. The van der Waals surface area contributed by atoms with Crippen molar-refractivity contribution in [1.82, 2.24) is 4.90 Å². The minimum Gasteiger partial charge on any atom is -0.361 e. The Kier molecular flexibility index (Phi) is 2.42. The second-order valence-electron chi connectivity index (χ2n) is 5.30. The number of nitrogens with zero attached hydrogens (tertiary/aromatic N) is 1. The second kappa shape index (κ2) is 3.34. The average Bonchev–Trinajstić information content (AvgIpc) is 2.45. The highest BCUT2D eigenvalue weighted by molar-refractivity contribution is 8.00. The highest BCUT2D eigenvalue weighted by Crippen LogP contribution is 2.42. The number of hydrogen-bond donors (Lipinski definition) is 0. The maximum absolute atomic E-state index is 2.45. The van der Waals surface area contributed by atoms with Gasteiger partial charge in [-0.15, -0.1) is 11.8 Å². The monoisotopic (exact) mass is 209 g/mol. The van der Waals surface area contributed by atoms with Crippen LogP contribution in [0, 0.1) is 5.41 Å². The van der Waals surface area contributed by atoms with Crippen LogP contribution in [0.3, 0.4) is 0 Å². The molecule has 0 amide bonds. The molecular formula is C12H19NS. The predicted octanol–water partition coefficient (Wildman–Crippen LogP) is 3.25. The van der Waals surface area contributed by atoms with Crippen LogP contribution in [0.25, 0.3) is 0 Å². The SMILES string of the molecule is CC1=CC2SC(C(C)(C)C)CN2C=C1. The highest BCUT2D eigenvalue weighted by Gasteiger charge is 2.37. The maximum Gasteiger partial charge on any atom is 0.0939 e. The Balaban J connectivity index is 2.11. The first kappa shape index (κ1) is 10.2.